The van der Waals surface area contributed by atoms with E-state index in [1.807, 2.05) is 32.0 Å². The molecule has 1 aromatic carbocycles. The van der Waals surface area contributed by atoms with Gasteiger partial charge >= 0.3 is 0 Å². The minimum Gasteiger partial charge on any atom is -0.356 e. The van der Waals surface area contributed by atoms with Crippen molar-refractivity contribution in [2.24, 2.45) is 5.92 Å². The maximum absolute atomic E-state index is 12.9. The molecule has 1 fully saturated rings. The zero-order valence-corrected chi connectivity index (χ0v) is 16.0. The van der Waals surface area contributed by atoms with Gasteiger partial charge in [-0.2, -0.15) is 5.10 Å². The SMILES string of the molecule is Cc1ccc(C)c(NC(=O)C2CCCN(c3cc(-n4cncn4)ncn3)C2)c1. The molecule has 28 heavy (non-hydrogen) atoms. The Kier molecular flexibility index (Phi) is 5.01. The van der Waals surface area contributed by atoms with Gasteiger partial charge in [-0.1, -0.05) is 12.1 Å². The lowest BCUT2D eigenvalue weighted by Crippen LogP contribution is -2.41. The summed E-state index contributed by atoms with van der Waals surface area (Å²) in [5, 5.41) is 7.22. The number of carbonyl (C=O) groups is 1. The fourth-order valence-electron chi connectivity index (χ4n) is 3.47. The van der Waals surface area contributed by atoms with Gasteiger partial charge in [0.1, 0.15) is 24.8 Å². The Bertz CT molecular complexity index is 970. The second-order valence-electron chi connectivity index (χ2n) is 7.17. The van der Waals surface area contributed by atoms with Crippen molar-refractivity contribution >= 4 is 17.4 Å². The van der Waals surface area contributed by atoms with Crippen molar-refractivity contribution in [2.75, 3.05) is 23.3 Å². The average Bonchev–Trinajstić information content (AvgIpc) is 3.26. The highest BCUT2D eigenvalue weighted by molar-refractivity contribution is 5.93. The van der Waals surface area contributed by atoms with E-state index in [1.54, 1.807) is 11.0 Å². The van der Waals surface area contributed by atoms with Crippen LogP contribution in [0.3, 0.4) is 0 Å². The van der Waals surface area contributed by atoms with Crippen LogP contribution in [0.25, 0.3) is 5.82 Å². The lowest BCUT2D eigenvalue weighted by Gasteiger charge is -2.33. The zero-order valence-electron chi connectivity index (χ0n) is 16.0. The van der Waals surface area contributed by atoms with Crippen LogP contribution in [0.15, 0.2) is 43.2 Å². The predicted octanol–water partition coefficient (Wildman–Crippen LogP) is 2.53. The molecule has 0 spiro atoms. The number of benzene rings is 1. The van der Waals surface area contributed by atoms with Crippen LogP contribution in [-0.2, 0) is 4.79 Å². The number of hydrogen-bond acceptors (Lipinski definition) is 6. The molecule has 1 aliphatic rings. The number of aryl methyl sites for hydroxylation is 2. The van der Waals surface area contributed by atoms with Gasteiger partial charge in [0.2, 0.25) is 5.91 Å². The summed E-state index contributed by atoms with van der Waals surface area (Å²) in [6.45, 7) is 5.53. The fourth-order valence-corrected chi connectivity index (χ4v) is 3.47. The van der Waals surface area contributed by atoms with Crippen molar-refractivity contribution in [3.63, 3.8) is 0 Å². The smallest absolute Gasteiger partial charge is 0.229 e. The van der Waals surface area contributed by atoms with Crippen LogP contribution >= 0.6 is 0 Å². The van der Waals surface area contributed by atoms with Gasteiger partial charge in [0.25, 0.3) is 0 Å². The third-order valence-electron chi connectivity index (χ3n) is 5.06. The van der Waals surface area contributed by atoms with E-state index in [1.165, 1.54) is 12.7 Å². The molecule has 3 heterocycles. The summed E-state index contributed by atoms with van der Waals surface area (Å²) in [6.07, 6.45) is 6.40. The van der Waals surface area contributed by atoms with Crippen molar-refractivity contribution in [3.05, 3.63) is 54.4 Å². The van der Waals surface area contributed by atoms with Crippen molar-refractivity contribution in [1.82, 2.24) is 24.7 Å². The largest absolute Gasteiger partial charge is 0.356 e. The number of aromatic nitrogens is 5. The minimum absolute atomic E-state index is 0.0592. The molecule has 1 unspecified atom stereocenters. The van der Waals surface area contributed by atoms with Gasteiger partial charge in [-0.3, -0.25) is 4.79 Å². The lowest BCUT2D eigenvalue weighted by atomic mass is 9.96. The summed E-state index contributed by atoms with van der Waals surface area (Å²) >= 11 is 0. The third kappa shape index (κ3) is 3.85. The van der Waals surface area contributed by atoms with E-state index in [-0.39, 0.29) is 11.8 Å². The second-order valence-corrected chi connectivity index (χ2v) is 7.17. The van der Waals surface area contributed by atoms with E-state index in [0.29, 0.717) is 12.4 Å². The maximum Gasteiger partial charge on any atom is 0.229 e. The second kappa shape index (κ2) is 7.75. The molecule has 1 N–H and O–H groups in total. The molecular weight excluding hydrogens is 354 g/mol. The van der Waals surface area contributed by atoms with Crippen LogP contribution in [0.2, 0.25) is 0 Å². The van der Waals surface area contributed by atoms with E-state index < -0.39 is 0 Å². The topological polar surface area (TPSA) is 88.8 Å². The first-order valence-electron chi connectivity index (χ1n) is 9.40. The number of rotatable bonds is 4. The predicted molar refractivity (Wildman–Crippen MR) is 106 cm³/mol. The minimum atomic E-state index is -0.0848. The number of carbonyl (C=O) groups excluding carboxylic acids is 1. The molecule has 0 aliphatic carbocycles. The molecule has 4 rings (SSSR count). The molecule has 144 valence electrons. The van der Waals surface area contributed by atoms with E-state index >= 15 is 0 Å². The highest BCUT2D eigenvalue weighted by atomic mass is 16.1. The van der Waals surface area contributed by atoms with Crippen molar-refractivity contribution in [3.8, 4) is 5.82 Å². The van der Waals surface area contributed by atoms with Gasteiger partial charge in [0.15, 0.2) is 5.82 Å². The first-order valence-corrected chi connectivity index (χ1v) is 9.40. The van der Waals surface area contributed by atoms with E-state index in [2.05, 4.69) is 36.3 Å². The molecule has 8 nitrogen and oxygen atoms in total. The highest BCUT2D eigenvalue weighted by Crippen LogP contribution is 2.24. The lowest BCUT2D eigenvalue weighted by molar-refractivity contribution is -0.120. The summed E-state index contributed by atoms with van der Waals surface area (Å²) in [6, 6.07) is 7.97. The van der Waals surface area contributed by atoms with Gasteiger partial charge in [-0.25, -0.2) is 19.6 Å². The van der Waals surface area contributed by atoms with Crippen LogP contribution in [0, 0.1) is 19.8 Å². The summed E-state index contributed by atoms with van der Waals surface area (Å²) in [7, 11) is 0. The quantitative estimate of drug-likeness (QED) is 0.752. The van der Waals surface area contributed by atoms with Gasteiger partial charge < -0.3 is 10.2 Å². The number of amides is 1. The molecule has 0 saturated carbocycles. The molecule has 8 heteroatoms. The van der Waals surface area contributed by atoms with E-state index in [9.17, 15) is 4.79 Å². The Morgan fingerprint density at radius 3 is 2.82 bits per heavy atom. The van der Waals surface area contributed by atoms with Crippen molar-refractivity contribution in [2.45, 2.75) is 26.7 Å². The Morgan fingerprint density at radius 2 is 2.00 bits per heavy atom. The Hall–Kier alpha value is -3.29. The maximum atomic E-state index is 12.9. The van der Waals surface area contributed by atoms with Gasteiger partial charge in [0.05, 0.1) is 5.92 Å². The molecular formula is C20H23N7O. The van der Waals surface area contributed by atoms with Crippen LogP contribution in [-0.4, -0.2) is 43.7 Å². The average molecular weight is 377 g/mol. The number of piperidine rings is 1. The highest BCUT2D eigenvalue weighted by Gasteiger charge is 2.27. The first-order chi connectivity index (χ1) is 13.6. The van der Waals surface area contributed by atoms with Crippen molar-refractivity contribution < 1.29 is 4.79 Å². The van der Waals surface area contributed by atoms with E-state index in [0.717, 1.165) is 42.0 Å². The number of hydrogen-bond donors (Lipinski definition) is 1. The Labute approximate surface area is 163 Å². The Morgan fingerprint density at radius 1 is 1.14 bits per heavy atom. The fraction of sp³-hybridized carbons (Fsp3) is 0.350. The monoisotopic (exact) mass is 377 g/mol. The van der Waals surface area contributed by atoms with Crippen LogP contribution in [0.5, 0.6) is 0 Å². The van der Waals surface area contributed by atoms with Crippen LogP contribution in [0.4, 0.5) is 11.5 Å². The van der Waals surface area contributed by atoms with Crippen molar-refractivity contribution in [1.29, 1.82) is 0 Å². The summed E-state index contributed by atoms with van der Waals surface area (Å²) in [5.74, 6) is 1.43. The molecule has 3 aromatic rings. The Balaban J connectivity index is 1.48. The van der Waals surface area contributed by atoms with Gasteiger partial charge in [-0.15, -0.1) is 0 Å². The summed E-state index contributed by atoms with van der Waals surface area (Å²) < 4.78 is 1.60. The molecule has 0 bridgehead atoms. The van der Waals surface area contributed by atoms with E-state index in [4.69, 9.17) is 0 Å². The number of anilines is 2. The molecule has 1 amide bonds. The molecule has 1 aliphatic heterocycles. The molecule has 1 saturated heterocycles. The van der Waals surface area contributed by atoms with Gasteiger partial charge in [-0.05, 0) is 43.9 Å². The van der Waals surface area contributed by atoms with Gasteiger partial charge in [0, 0.05) is 24.8 Å². The normalized spacial score (nSPS) is 16.8. The first kappa shape index (κ1) is 18.1. The zero-order chi connectivity index (χ0) is 19.5. The number of nitrogens with one attached hydrogen (secondary N) is 1. The summed E-state index contributed by atoms with van der Waals surface area (Å²) in [4.78, 5) is 27.6. The molecule has 1 atom stereocenters. The number of nitrogens with zero attached hydrogens (tertiary/aromatic N) is 6. The molecule has 0 radical (unpaired) electrons. The third-order valence-corrected chi connectivity index (χ3v) is 5.06. The molecule has 2 aromatic heterocycles. The van der Waals surface area contributed by atoms with Crippen LogP contribution < -0.4 is 10.2 Å². The summed E-state index contributed by atoms with van der Waals surface area (Å²) in [5.41, 5.74) is 3.09. The standard InChI is InChI=1S/C20H23N7O/c1-14-5-6-15(2)17(8-14)25-20(28)16-4-3-7-26(10-16)18-9-19(23-12-22-18)27-13-21-11-24-27/h5-6,8-9,11-13,16H,3-4,7,10H2,1-2H3,(H,25,28). The van der Waals surface area contributed by atoms with Crippen LogP contribution in [0.1, 0.15) is 24.0 Å².